The lowest BCUT2D eigenvalue weighted by Crippen LogP contribution is -2.33. The molecule has 0 unspecified atom stereocenters. The molecule has 0 spiro atoms. The van der Waals surface area contributed by atoms with Crippen LogP contribution in [0.4, 0.5) is 0 Å². The quantitative estimate of drug-likeness (QED) is 0.547. The summed E-state index contributed by atoms with van der Waals surface area (Å²) in [5.74, 6) is 1.77. The summed E-state index contributed by atoms with van der Waals surface area (Å²) in [7, 11) is 0. The monoisotopic (exact) mass is 382 g/mol. The molecule has 0 radical (unpaired) electrons. The fraction of sp³-hybridized carbons (Fsp3) is 0.160. The molecule has 2 atom stereocenters. The molecule has 144 valence electrons. The van der Waals surface area contributed by atoms with Crippen molar-refractivity contribution in [1.82, 2.24) is 5.01 Å². The number of hydrazone groups is 1. The summed E-state index contributed by atoms with van der Waals surface area (Å²) in [6.45, 7) is 4.19. The van der Waals surface area contributed by atoms with E-state index in [2.05, 4.69) is 48.0 Å². The number of hydrogen-bond donors (Lipinski definition) is 0. The van der Waals surface area contributed by atoms with Crippen molar-refractivity contribution in [3.05, 3.63) is 108 Å². The van der Waals surface area contributed by atoms with Crippen molar-refractivity contribution in [3.63, 3.8) is 0 Å². The van der Waals surface area contributed by atoms with Gasteiger partial charge in [0.25, 0.3) is 0 Å². The Morgan fingerprint density at radius 2 is 1.76 bits per heavy atom. The predicted molar refractivity (Wildman–Crippen MR) is 114 cm³/mol. The van der Waals surface area contributed by atoms with E-state index in [4.69, 9.17) is 14.6 Å². The molecular formula is C25H22N2O2. The minimum atomic E-state index is -0.233. The van der Waals surface area contributed by atoms with Crippen LogP contribution in [-0.2, 0) is 0 Å². The Kier molecular flexibility index (Phi) is 4.53. The first-order valence-corrected chi connectivity index (χ1v) is 9.84. The molecule has 0 N–H and O–H groups in total. The number of hydrogen-bond acceptors (Lipinski definition) is 4. The van der Waals surface area contributed by atoms with E-state index in [0.717, 1.165) is 34.8 Å². The third kappa shape index (κ3) is 3.27. The van der Waals surface area contributed by atoms with Crippen LogP contribution in [0.2, 0.25) is 0 Å². The van der Waals surface area contributed by atoms with Crippen molar-refractivity contribution < 1.29 is 9.47 Å². The third-order valence-electron chi connectivity index (χ3n) is 5.34. The van der Waals surface area contributed by atoms with E-state index in [1.807, 2.05) is 42.5 Å². The second-order valence-corrected chi connectivity index (χ2v) is 7.19. The van der Waals surface area contributed by atoms with Gasteiger partial charge >= 0.3 is 0 Å². The summed E-state index contributed by atoms with van der Waals surface area (Å²) in [6.07, 6.45) is 2.36. The van der Waals surface area contributed by atoms with Gasteiger partial charge in [-0.2, -0.15) is 5.10 Å². The van der Waals surface area contributed by atoms with Gasteiger partial charge in [0.1, 0.15) is 18.1 Å². The number of rotatable bonds is 5. The van der Waals surface area contributed by atoms with Crippen molar-refractivity contribution >= 4 is 5.71 Å². The van der Waals surface area contributed by atoms with Crippen LogP contribution >= 0.6 is 0 Å². The van der Waals surface area contributed by atoms with Gasteiger partial charge in [0, 0.05) is 17.5 Å². The largest absolute Gasteiger partial charge is 0.490 e. The minimum absolute atomic E-state index is 0.164. The van der Waals surface area contributed by atoms with Gasteiger partial charge < -0.3 is 9.47 Å². The van der Waals surface area contributed by atoms with Gasteiger partial charge in [0.2, 0.25) is 6.23 Å². The summed E-state index contributed by atoms with van der Waals surface area (Å²) in [4.78, 5) is 0. The second-order valence-electron chi connectivity index (χ2n) is 7.19. The van der Waals surface area contributed by atoms with E-state index in [0.29, 0.717) is 6.61 Å². The van der Waals surface area contributed by atoms with Crippen molar-refractivity contribution in [2.75, 3.05) is 6.61 Å². The highest BCUT2D eigenvalue weighted by atomic mass is 16.5. The van der Waals surface area contributed by atoms with E-state index in [1.54, 1.807) is 6.08 Å². The van der Waals surface area contributed by atoms with Crippen LogP contribution in [0.1, 0.15) is 35.4 Å². The van der Waals surface area contributed by atoms with Gasteiger partial charge in [0.15, 0.2) is 0 Å². The molecule has 5 rings (SSSR count). The lowest BCUT2D eigenvalue weighted by Gasteiger charge is -2.38. The molecule has 0 aliphatic carbocycles. The number of ether oxygens (including phenoxy) is 2. The zero-order valence-corrected chi connectivity index (χ0v) is 16.1. The van der Waals surface area contributed by atoms with E-state index < -0.39 is 0 Å². The fourth-order valence-electron chi connectivity index (χ4n) is 3.95. The summed E-state index contributed by atoms with van der Waals surface area (Å²) in [6, 6.07) is 26.8. The third-order valence-corrected chi connectivity index (χ3v) is 5.34. The van der Waals surface area contributed by atoms with Crippen molar-refractivity contribution in [2.45, 2.75) is 18.7 Å². The maximum absolute atomic E-state index is 6.37. The molecule has 0 bridgehead atoms. The summed E-state index contributed by atoms with van der Waals surface area (Å²) in [5.41, 5.74) is 4.45. The molecule has 0 amide bonds. The highest BCUT2D eigenvalue weighted by Gasteiger charge is 2.40. The molecule has 0 saturated carbocycles. The van der Waals surface area contributed by atoms with Gasteiger partial charge in [-0.25, -0.2) is 5.01 Å². The lowest BCUT2D eigenvalue weighted by atomic mass is 9.96. The fourth-order valence-corrected chi connectivity index (χ4v) is 3.95. The number of fused-ring (bicyclic) bond motifs is 3. The molecule has 3 aromatic carbocycles. The lowest BCUT2D eigenvalue weighted by molar-refractivity contribution is -0.0190. The standard InChI is InChI=1S/C25H22N2O2/c1-2-16-28-20-14-12-18(13-15-20)22-17-23-21-10-6-7-11-24(21)29-25(27(23)26-22)19-8-4-3-5-9-19/h2-15,23,25H,1,16-17H2/t23-,25-/m1/s1. The number of para-hydroxylation sites is 1. The van der Waals surface area contributed by atoms with Crippen LogP contribution in [0, 0.1) is 0 Å². The number of nitrogens with zero attached hydrogens (tertiary/aromatic N) is 2. The van der Waals surface area contributed by atoms with E-state index >= 15 is 0 Å². The molecule has 2 aliphatic heterocycles. The predicted octanol–water partition coefficient (Wildman–Crippen LogP) is 5.49. The van der Waals surface area contributed by atoms with Crippen LogP contribution in [0.15, 0.2) is 96.6 Å². The van der Waals surface area contributed by atoms with Crippen LogP contribution in [0.25, 0.3) is 0 Å². The molecule has 0 fully saturated rings. The average Bonchev–Trinajstić information content (AvgIpc) is 3.24. The minimum Gasteiger partial charge on any atom is -0.490 e. The maximum Gasteiger partial charge on any atom is 0.213 e. The first kappa shape index (κ1) is 17.6. The highest BCUT2D eigenvalue weighted by Crippen LogP contribution is 2.47. The Labute approximate surface area is 170 Å². The van der Waals surface area contributed by atoms with Gasteiger partial charge in [-0.3, -0.25) is 0 Å². The molecule has 4 heteroatoms. The Morgan fingerprint density at radius 3 is 2.55 bits per heavy atom. The Hall–Kier alpha value is -3.53. The Bertz CT molecular complexity index is 1040. The van der Waals surface area contributed by atoms with Crippen molar-refractivity contribution in [1.29, 1.82) is 0 Å². The molecule has 0 aromatic heterocycles. The van der Waals surface area contributed by atoms with E-state index in [1.165, 1.54) is 5.56 Å². The normalized spacial score (nSPS) is 19.6. The van der Waals surface area contributed by atoms with Crippen LogP contribution in [0.3, 0.4) is 0 Å². The van der Waals surface area contributed by atoms with Crippen LogP contribution in [-0.4, -0.2) is 17.3 Å². The smallest absolute Gasteiger partial charge is 0.213 e. The first-order chi connectivity index (χ1) is 14.3. The summed E-state index contributed by atoms with van der Waals surface area (Å²) >= 11 is 0. The zero-order valence-electron chi connectivity index (χ0n) is 16.1. The molecule has 2 aliphatic rings. The molecule has 4 nitrogen and oxygen atoms in total. The van der Waals surface area contributed by atoms with Crippen LogP contribution < -0.4 is 9.47 Å². The van der Waals surface area contributed by atoms with E-state index in [-0.39, 0.29) is 12.3 Å². The molecule has 0 saturated heterocycles. The topological polar surface area (TPSA) is 34.1 Å². The number of benzene rings is 3. The molecule has 29 heavy (non-hydrogen) atoms. The van der Waals surface area contributed by atoms with Gasteiger partial charge in [-0.1, -0.05) is 61.2 Å². The van der Waals surface area contributed by atoms with Gasteiger partial charge in [-0.15, -0.1) is 0 Å². The summed E-state index contributed by atoms with van der Waals surface area (Å²) in [5, 5.41) is 7.10. The first-order valence-electron chi connectivity index (χ1n) is 9.84. The SMILES string of the molecule is C=CCOc1ccc(C2=NN3[C@H](C2)c2ccccc2O[C@@H]3c2ccccc2)cc1. The molecule has 2 heterocycles. The van der Waals surface area contributed by atoms with Gasteiger partial charge in [-0.05, 0) is 35.9 Å². The van der Waals surface area contributed by atoms with Gasteiger partial charge in [0.05, 0.1) is 11.8 Å². The highest BCUT2D eigenvalue weighted by molar-refractivity contribution is 6.02. The average molecular weight is 382 g/mol. The second kappa shape index (κ2) is 7.47. The molecule has 3 aromatic rings. The Balaban J connectivity index is 1.49. The van der Waals surface area contributed by atoms with E-state index in [9.17, 15) is 0 Å². The zero-order chi connectivity index (χ0) is 19.6. The summed E-state index contributed by atoms with van der Waals surface area (Å²) < 4.78 is 12.0. The van der Waals surface area contributed by atoms with Crippen molar-refractivity contribution in [2.24, 2.45) is 5.10 Å². The Morgan fingerprint density at radius 1 is 1.00 bits per heavy atom. The van der Waals surface area contributed by atoms with Crippen LogP contribution in [0.5, 0.6) is 11.5 Å². The maximum atomic E-state index is 6.37. The molecular weight excluding hydrogens is 360 g/mol. The van der Waals surface area contributed by atoms with Crippen molar-refractivity contribution in [3.8, 4) is 11.5 Å².